The van der Waals surface area contributed by atoms with E-state index < -0.39 is 5.38 Å². The lowest BCUT2D eigenvalue weighted by atomic mass is 9.98. The topological polar surface area (TPSA) is 38.3 Å². The van der Waals surface area contributed by atoms with Crippen molar-refractivity contribution in [2.24, 2.45) is 5.92 Å². The number of ether oxygens (including phenoxy) is 1. The molecule has 1 saturated heterocycles. The van der Waals surface area contributed by atoms with Gasteiger partial charge in [-0.2, -0.15) is 0 Å². The van der Waals surface area contributed by atoms with Gasteiger partial charge in [0, 0.05) is 19.6 Å². The highest BCUT2D eigenvalue weighted by Crippen LogP contribution is 2.21. The Morgan fingerprint density at radius 2 is 2.50 bits per heavy atom. The first-order valence-corrected chi connectivity index (χ1v) is 4.62. The molecule has 2 atom stereocenters. The molecule has 1 fully saturated rings. The Hall–Kier alpha value is -0.280. The number of hydrogen-bond acceptors (Lipinski definition) is 2. The molecule has 3 nitrogen and oxygen atoms in total. The molecule has 0 spiro atoms. The van der Waals surface area contributed by atoms with Crippen molar-refractivity contribution in [2.75, 3.05) is 20.3 Å². The summed E-state index contributed by atoms with van der Waals surface area (Å²) < 4.78 is 5.23. The molecule has 2 unspecified atom stereocenters. The number of amides is 1. The van der Waals surface area contributed by atoms with Gasteiger partial charge in [-0.25, -0.2) is 0 Å². The standard InChI is InChI=1S/C8H14ClNO2/c1-10-8(11)7(9)6-3-2-4-12-5-6/h6-7H,2-5H2,1H3,(H,10,11). The first kappa shape index (κ1) is 9.81. The van der Waals surface area contributed by atoms with Gasteiger partial charge in [-0.3, -0.25) is 4.79 Å². The summed E-state index contributed by atoms with van der Waals surface area (Å²) in [7, 11) is 1.60. The summed E-state index contributed by atoms with van der Waals surface area (Å²) in [5.74, 6) is 0.0764. The smallest absolute Gasteiger partial charge is 0.238 e. The Morgan fingerprint density at radius 1 is 1.75 bits per heavy atom. The molecular weight excluding hydrogens is 178 g/mol. The van der Waals surface area contributed by atoms with Crippen LogP contribution in [0.1, 0.15) is 12.8 Å². The van der Waals surface area contributed by atoms with Crippen LogP contribution in [0.4, 0.5) is 0 Å². The van der Waals surface area contributed by atoms with Crippen LogP contribution in [-0.2, 0) is 9.53 Å². The molecule has 1 N–H and O–H groups in total. The number of hydrogen-bond donors (Lipinski definition) is 1. The molecule has 0 saturated carbocycles. The molecule has 1 aliphatic rings. The number of carbonyl (C=O) groups is 1. The Morgan fingerprint density at radius 3 is 3.00 bits per heavy atom. The van der Waals surface area contributed by atoms with E-state index in [0.29, 0.717) is 6.61 Å². The number of alkyl halides is 1. The third-order valence-corrected chi connectivity index (χ3v) is 2.66. The van der Waals surface area contributed by atoms with Crippen LogP contribution < -0.4 is 5.32 Å². The second-order valence-corrected chi connectivity index (χ2v) is 3.46. The highest BCUT2D eigenvalue weighted by molar-refractivity contribution is 6.30. The van der Waals surface area contributed by atoms with Gasteiger partial charge in [0.25, 0.3) is 0 Å². The van der Waals surface area contributed by atoms with Crippen molar-refractivity contribution in [3.05, 3.63) is 0 Å². The van der Waals surface area contributed by atoms with Crippen molar-refractivity contribution in [3.8, 4) is 0 Å². The number of rotatable bonds is 2. The molecule has 1 heterocycles. The van der Waals surface area contributed by atoms with Crippen molar-refractivity contribution in [1.29, 1.82) is 0 Å². The minimum absolute atomic E-state index is 0.104. The van der Waals surface area contributed by atoms with Gasteiger partial charge in [0.15, 0.2) is 0 Å². The van der Waals surface area contributed by atoms with Crippen molar-refractivity contribution in [2.45, 2.75) is 18.2 Å². The van der Waals surface area contributed by atoms with Crippen molar-refractivity contribution >= 4 is 17.5 Å². The zero-order valence-corrected chi connectivity index (χ0v) is 7.93. The Bertz CT molecular complexity index is 157. The second-order valence-electron chi connectivity index (χ2n) is 2.99. The summed E-state index contributed by atoms with van der Waals surface area (Å²) in [6, 6.07) is 0. The maximum absolute atomic E-state index is 11.1. The lowest BCUT2D eigenvalue weighted by molar-refractivity contribution is -0.122. The maximum Gasteiger partial charge on any atom is 0.238 e. The fraction of sp³-hybridized carbons (Fsp3) is 0.875. The molecular formula is C8H14ClNO2. The van der Waals surface area contributed by atoms with Crippen molar-refractivity contribution < 1.29 is 9.53 Å². The molecule has 0 radical (unpaired) electrons. The van der Waals surface area contributed by atoms with Crippen LogP contribution in [0.2, 0.25) is 0 Å². The Balaban J connectivity index is 2.39. The van der Waals surface area contributed by atoms with E-state index in [9.17, 15) is 4.79 Å². The van der Waals surface area contributed by atoms with E-state index in [0.717, 1.165) is 19.4 Å². The molecule has 0 aromatic carbocycles. The SMILES string of the molecule is CNC(=O)C(Cl)C1CCCOC1. The molecule has 0 aromatic heterocycles. The third kappa shape index (κ3) is 2.35. The van der Waals surface area contributed by atoms with Gasteiger partial charge in [0.2, 0.25) is 5.91 Å². The van der Waals surface area contributed by atoms with E-state index >= 15 is 0 Å². The van der Waals surface area contributed by atoms with Gasteiger partial charge in [0.05, 0.1) is 6.61 Å². The Kier molecular flexibility index (Phi) is 3.82. The molecule has 1 rings (SSSR count). The van der Waals surface area contributed by atoms with Gasteiger partial charge in [0.1, 0.15) is 5.38 Å². The van der Waals surface area contributed by atoms with E-state index in [1.807, 2.05) is 0 Å². The van der Waals surface area contributed by atoms with Crippen LogP contribution in [-0.4, -0.2) is 31.5 Å². The van der Waals surface area contributed by atoms with Crippen LogP contribution in [0.3, 0.4) is 0 Å². The van der Waals surface area contributed by atoms with Gasteiger partial charge in [-0.15, -0.1) is 11.6 Å². The van der Waals surface area contributed by atoms with E-state index in [-0.39, 0.29) is 11.8 Å². The van der Waals surface area contributed by atoms with Crippen molar-refractivity contribution in [3.63, 3.8) is 0 Å². The zero-order chi connectivity index (χ0) is 8.97. The van der Waals surface area contributed by atoms with Gasteiger partial charge in [-0.1, -0.05) is 0 Å². The maximum atomic E-state index is 11.1. The predicted molar refractivity (Wildman–Crippen MR) is 47.3 cm³/mol. The molecule has 0 aliphatic carbocycles. The number of halogens is 1. The molecule has 70 valence electrons. The minimum atomic E-state index is -0.435. The summed E-state index contributed by atoms with van der Waals surface area (Å²) in [6.07, 6.45) is 1.99. The summed E-state index contributed by atoms with van der Waals surface area (Å²) in [5, 5.41) is 2.10. The van der Waals surface area contributed by atoms with Crippen LogP contribution in [0.25, 0.3) is 0 Å². The van der Waals surface area contributed by atoms with Crippen LogP contribution in [0.15, 0.2) is 0 Å². The van der Waals surface area contributed by atoms with Crippen LogP contribution >= 0.6 is 11.6 Å². The fourth-order valence-electron chi connectivity index (χ4n) is 1.35. The molecule has 1 amide bonds. The van der Waals surface area contributed by atoms with Gasteiger partial charge in [-0.05, 0) is 12.8 Å². The number of nitrogens with one attached hydrogen (secondary N) is 1. The third-order valence-electron chi connectivity index (χ3n) is 2.11. The first-order chi connectivity index (χ1) is 5.75. The van der Waals surface area contributed by atoms with E-state index in [4.69, 9.17) is 16.3 Å². The predicted octanol–water partition coefficient (Wildman–Crippen LogP) is 0.766. The van der Waals surface area contributed by atoms with Crippen molar-refractivity contribution in [1.82, 2.24) is 5.32 Å². The largest absolute Gasteiger partial charge is 0.381 e. The highest BCUT2D eigenvalue weighted by atomic mass is 35.5. The number of carbonyl (C=O) groups excluding carboxylic acids is 1. The summed E-state index contributed by atoms with van der Waals surface area (Å²) in [6.45, 7) is 1.41. The monoisotopic (exact) mass is 191 g/mol. The fourth-order valence-corrected chi connectivity index (χ4v) is 1.66. The molecule has 0 aromatic rings. The summed E-state index contributed by atoms with van der Waals surface area (Å²) in [4.78, 5) is 11.1. The lowest BCUT2D eigenvalue weighted by Gasteiger charge is -2.24. The second kappa shape index (κ2) is 4.67. The lowest BCUT2D eigenvalue weighted by Crippen LogP contribution is -2.37. The summed E-state index contributed by atoms with van der Waals surface area (Å²) >= 11 is 5.92. The van der Waals surface area contributed by atoms with E-state index in [1.54, 1.807) is 7.05 Å². The van der Waals surface area contributed by atoms with Crippen LogP contribution in [0.5, 0.6) is 0 Å². The molecule has 1 aliphatic heterocycles. The van der Waals surface area contributed by atoms with Crippen LogP contribution in [0, 0.1) is 5.92 Å². The van der Waals surface area contributed by atoms with E-state index in [1.165, 1.54) is 0 Å². The van der Waals surface area contributed by atoms with Gasteiger partial charge < -0.3 is 10.1 Å². The quantitative estimate of drug-likeness (QED) is 0.655. The molecule has 12 heavy (non-hydrogen) atoms. The normalized spacial score (nSPS) is 26.3. The molecule has 4 heteroatoms. The van der Waals surface area contributed by atoms with E-state index in [2.05, 4.69) is 5.32 Å². The average molecular weight is 192 g/mol. The minimum Gasteiger partial charge on any atom is -0.381 e. The summed E-state index contributed by atoms with van der Waals surface area (Å²) in [5.41, 5.74) is 0. The average Bonchev–Trinajstić information content (AvgIpc) is 2.17. The van der Waals surface area contributed by atoms with Gasteiger partial charge >= 0.3 is 0 Å². The first-order valence-electron chi connectivity index (χ1n) is 4.19. The zero-order valence-electron chi connectivity index (χ0n) is 7.18. The highest BCUT2D eigenvalue weighted by Gasteiger charge is 2.27. The Labute approximate surface area is 77.4 Å². The molecule has 0 bridgehead atoms.